The van der Waals surface area contributed by atoms with Gasteiger partial charge >= 0.3 is 0 Å². The number of hydrogen-bond acceptors (Lipinski definition) is 1. The Hall–Kier alpha value is -4.98. The summed E-state index contributed by atoms with van der Waals surface area (Å²) in [4.78, 5) is 0. The van der Waals surface area contributed by atoms with Crippen LogP contribution in [0.25, 0.3) is 151 Å². The number of rotatable bonds is 2. The zero-order chi connectivity index (χ0) is 27.5. The van der Waals surface area contributed by atoms with Crippen LogP contribution in [-0.2, 0) is 4.74 Å². The van der Waals surface area contributed by atoms with Gasteiger partial charge in [-0.1, -0.05) is 55.5 Å². The summed E-state index contributed by atoms with van der Waals surface area (Å²) in [6, 6.07) is 19.7. The van der Waals surface area contributed by atoms with E-state index in [-0.39, 0.29) is 6.10 Å². The average Bonchev–Trinajstić information content (AvgIpc) is 3.85. The van der Waals surface area contributed by atoms with E-state index in [9.17, 15) is 0 Å². The summed E-state index contributed by atoms with van der Waals surface area (Å²) < 4.78 is 6.82. The average molecular weight is 551 g/mol. The van der Waals surface area contributed by atoms with Crippen molar-refractivity contribution in [3.8, 4) is 0 Å². The van der Waals surface area contributed by atoms with Crippen LogP contribution in [0.3, 0.4) is 0 Å². The molecule has 0 aromatic heterocycles. The van der Waals surface area contributed by atoms with E-state index in [2.05, 4.69) is 62.4 Å². The van der Waals surface area contributed by atoms with Crippen molar-refractivity contribution in [1.82, 2.24) is 0 Å². The van der Waals surface area contributed by atoms with Crippen LogP contribution < -0.4 is 0 Å². The van der Waals surface area contributed by atoms with E-state index in [0.717, 1.165) is 6.61 Å². The molecule has 0 saturated heterocycles. The minimum Gasteiger partial charge on any atom is -0.373 e. The molecule has 0 fully saturated rings. The van der Waals surface area contributed by atoms with Crippen molar-refractivity contribution >= 4 is 151 Å². The maximum atomic E-state index is 6.82. The van der Waals surface area contributed by atoms with E-state index in [1.54, 1.807) is 53.9 Å². The topological polar surface area (TPSA) is 9.23 Å². The van der Waals surface area contributed by atoms with Crippen LogP contribution in [0, 0.1) is 0 Å². The molecule has 15 aromatic rings. The lowest BCUT2D eigenvalue weighted by atomic mass is 9.81. The highest BCUT2D eigenvalue weighted by Crippen LogP contribution is 2.69. The monoisotopic (exact) mass is 550 g/mol. The highest BCUT2D eigenvalue weighted by Gasteiger charge is 2.43. The molecule has 0 N–H and O–H groups in total. The maximum absolute atomic E-state index is 6.82. The van der Waals surface area contributed by atoms with Gasteiger partial charge in [0.05, 0.1) is 6.10 Å². The van der Waals surface area contributed by atoms with Crippen molar-refractivity contribution < 1.29 is 4.74 Å². The first-order valence-electron chi connectivity index (χ1n) is 16.4. The Labute approximate surface area is 247 Å². The Bertz CT molecular complexity index is 3670. The summed E-state index contributed by atoms with van der Waals surface area (Å²) >= 11 is 0. The zero-order valence-electron chi connectivity index (χ0n) is 23.9. The molecule has 0 amide bonds. The van der Waals surface area contributed by atoms with E-state index < -0.39 is 0 Å². The standard InChI is InChI=1S/C43H18O/c1-3-44-43-12(2)21-19-10-8-17-15-6-4-13-14-5-7-16-18-9-11-20-29-27(18)34-25(16)23(14)32-22(13)24(15)33-26(17)28(19)35-31(21)37(30(20)43)36(29)42-40(34)38(32)39(33)41(35)42/h4-12,43H,3H2,1-2H3. The van der Waals surface area contributed by atoms with E-state index in [0.29, 0.717) is 5.92 Å². The van der Waals surface area contributed by atoms with Crippen molar-refractivity contribution in [3.63, 3.8) is 0 Å². The van der Waals surface area contributed by atoms with Crippen molar-refractivity contribution in [3.05, 3.63) is 59.7 Å². The molecule has 0 aliphatic heterocycles. The predicted molar refractivity (Wildman–Crippen MR) is 189 cm³/mol. The van der Waals surface area contributed by atoms with E-state index in [1.807, 2.05) is 0 Å². The van der Waals surface area contributed by atoms with Crippen LogP contribution in [0.15, 0.2) is 48.5 Å². The molecule has 0 spiro atoms. The molecular formula is C43H18O. The molecule has 0 radical (unpaired) electrons. The van der Waals surface area contributed by atoms with Gasteiger partial charge in [0.15, 0.2) is 0 Å². The fourth-order valence-corrected chi connectivity index (χ4v) is 12.7. The molecule has 1 heteroatoms. The molecule has 0 heterocycles. The van der Waals surface area contributed by atoms with Gasteiger partial charge < -0.3 is 4.74 Å². The molecule has 1 aliphatic rings. The quantitative estimate of drug-likeness (QED) is 0.195. The smallest absolute Gasteiger partial charge is 0.0903 e. The van der Waals surface area contributed by atoms with Crippen molar-refractivity contribution in [2.24, 2.45) is 0 Å². The van der Waals surface area contributed by atoms with Gasteiger partial charge in [-0.2, -0.15) is 0 Å². The van der Waals surface area contributed by atoms with Gasteiger partial charge in [-0.25, -0.2) is 0 Å². The summed E-state index contributed by atoms with van der Waals surface area (Å²) in [6.07, 6.45) is 0.0597. The highest BCUT2D eigenvalue weighted by molar-refractivity contribution is 6.69. The molecular weight excluding hydrogens is 532 g/mol. The lowest BCUT2D eigenvalue weighted by Crippen LogP contribution is -2.15. The molecule has 16 rings (SSSR count). The van der Waals surface area contributed by atoms with Crippen molar-refractivity contribution in [1.29, 1.82) is 0 Å². The Morgan fingerprint density at radius 3 is 1.02 bits per heavy atom. The van der Waals surface area contributed by atoms with E-state index in [4.69, 9.17) is 4.74 Å². The molecule has 1 nitrogen and oxygen atoms in total. The third-order valence-corrected chi connectivity index (χ3v) is 13.6. The zero-order valence-corrected chi connectivity index (χ0v) is 23.9. The van der Waals surface area contributed by atoms with E-state index in [1.165, 1.54) is 108 Å². The van der Waals surface area contributed by atoms with Gasteiger partial charge in [0.1, 0.15) is 0 Å². The Morgan fingerprint density at radius 1 is 0.364 bits per heavy atom. The van der Waals surface area contributed by atoms with Crippen LogP contribution in [0.5, 0.6) is 0 Å². The minimum atomic E-state index is 0.0597. The lowest BCUT2D eigenvalue weighted by Gasteiger charge is -2.29. The van der Waals surface area contributed by atoms with Gasteiger partial charge in [0.2, 0.25) is 0 Å². The van der Waals surface area contributed by atoms with Crippen LogP contribution in [0.1, 0.15) is 37.0 Å². The predicted octanol–water partition coefficient (Wildman–Crippen LogP) is 12.3. The first-order valence-corrected chi connectivity index (χ1v) is 16.4. The summed E-state index contributed by atoms with van der Waals surface area (Å²) in [5.41, 5.74) is 3.01. The largest absolute Gasteiger partial charge is 0.373 e. The van der Waals surface area contributed by atoms with Crippen molar-refractivity contribution in [2.75, 3.05) is 6.61 Å². The van der Waals surface area contributed by atoms with Crippen molar-refractivity contribution in [2.45, 2.75) is 25.9 Å². The van der Waals surface area contributed by atoms with Gasteiger partial charge in [0, 0.05) is 12.5 Å². The Morgan fingerprint density at radius 2 is 0.636 bits per heavy atom. The number of hydrogen-bond donors (Lipinski definition) is 0. The highest BCUT2D eigenvalue weighted by atomic mass is 16.5. The first-order chi connectivity index (χ1) is 21.8. The summed E-state index contributed by atoms with van der Waals surface area (Å²) in [6.45, 7) is 5.35. The molecule has 2 unspecified atom stereocenters. The van der Waals surface area contributed by atoms with Crippen LogP contribution in [0.2, 0.25) is 0 Å². The second-order valence-corrected chi connectivity index (χ2v) is 14.6. The molecule has 0 bridgehead atoms. The number of ether oxygens (including phenoxy) is 1. The molecule has 0 saturated carbocycles. The van der Waals surface area contributed by atoms with E-state index >= 15 is 0 Å². The summed E-state index contributed by atoms with van der Waals surface area (Å²) in [7, 11) is 0. The fourth-order valence-electron chi connectivity index (χ4n) is 12.7. The van der Waals surface area contributed by atoms with Gasteiger partial charge in [-0.15, -0.1) is 0 Å². The number of benzene rings is 9. The second-order valence-electron chi connectivity index (χ2n) is 14.6. The van der Waals surface area contributed by atoms with Crippen LogP contribution in [-0.4, -0.2) is 6.61 Å². The SMILES string of the molecule is CCOC1c2c3ccc4c5ccc6c7ccc8c9ccc%10c(c%11c2c2c3c4c3c5c6c4c7c8c5c9c%10c%11c6c2c3c4c56)C1C. The normalized spacial score (nSPS) is 19.3. The Balaban J connectivity index is 1.49. The van der Waals surface area contributed by atoms with Gasteiger partial charge in [-0.3, -0.25) is 0 Å². The minimum absolute atomic E-state index is 0.0597. The second kappa shape index (κ2) is 5.11. The molecule has 196 valence electrons. The van der Waals surface area contributed by atoms with Gasteiger partial charge in [0.25, 0.3) is 0 Å². The molecule has 15 aromatic carbocycles. The fraction of sp³-hybridized carbons (Fsp3) is 0.116. The first kappa shape index (κ1) is 19.3. The Kier molecular flexibility index (Phi) is 2.24. The van der Waals surface area contributed by atoms with Crippen LogP contribution in [0.4, 0.5) is 0 Å². The maximum Gasteiger partial charge on any atom is 0.0903 e. The summed E-state index contributed by atoms with van der Waals surface area (Å²) in [5.74, 6) is 0.291. The lowest BCUT2D eigenvalue weighted by molar-refractivity contribution is 0.0478. The third kappa shape index (κ3) is 1.33. The third-order valence-electron chi connectivity index (χ3n) is 13.6. The molecule has 2 atom stereocenters. The molecule has 1 aliphatic carbocycles. The molecule has 44 heavy (non-hydrogen) atoms. The summed E-state index contributed by atoms with van der Waals surface area (Å²) in [5, 5.41) is 42.4. The number of fused-ring (bicyclic) bond motifs is 5. The van der Waals surface area contributed by atoms with Crippen LogP contribution >= 0.6 is 0 Å². The van der Waals surface area contributed by atoms with Gasteiger partial charge in [-0.05, 0) is 169 Å².